The maximum atomic E-state index is 12.0. The summed E-state index contributed by atoms with van der Waals surface area (Å²) < 4.78 is 4.91. The molecule has 1 aromatic carbocycles. The molecule has 0 fully saturated rings. The van der Waals surface area contributed by atoms with Gasteiger partial charge in [0.1, 0.15) is 5.54 Å². The van der Waals surface area contributed by atoms with Crippen molar-refractivity contribution in [3.8, 4) is 0 Å². The van der Waals surface area contributed by atoms with Crippen molar-refractivity contribution in [1.29, 1.82) is 0 Å². The molecule has 98 valence electrons. The van der Waals surface area contributed by atoms with E-state index in [0.29, 0.717) is 12.2 Å². The van der Waals surface area contributed by atoms with Crippen LogP contribution in [0.2, 0.25) is 0 Å². The predicted octanol–water partition coefficient (Wildman–Crippen LogP) is 2.07. The number of carbonyl (C=O) groups is 2. The number of benzene rings is 1. The maximum absolute atomic E-state index is 12.0. The van der Waals surface area contributed by atoms with Gasteiger partial charge in [0, 0.05) is 5.56 Å². The molecule has 0 heterocycles. The molecule has 0 atom stereocenters. The lowest BCUT2D eigenvalue weighted by atomic mass is 10.0. The Morgan fingerprint density at radius 3 is 2.28 bits per heavy atom. The lowest BCUT2D eigenvalue weighted by Crippen LogP contribution is -2.50. The summed E-state index contributed by atoms with van der Waals surface area (Å²) in [5.41, 5.74) is 0.576. The van der Waals surface area contributed by atoms with E-state index in [1.54, 1.807) is 32.9 Å². The highest BCUT2D eigenvalue weighted by Crippen LogP contribution is 2.09. The van der Waals surface area contributed by atoms with E-state index >= 15 is 0 Å². The molecule has 0 aromatic heterocycles. The molecule has 0 radical (unpaired) electrons. The quantitative estimate of drug-likeness (QED) is 0.831. The molecule has 1 aromatic rings. The van der Waals surface area contributed by atoms with Crippen molar-refractivity contribution in [2.45, 2.75) is 33.2 Å². The number of aryl methyl sites for hydroxylation is 1. The molecule has 0 spiro atoms. The third kappa shape index (κ3) is 3.58. The van der Waals surface area contributed by atoms with Gasteiger partial charge in [0.05, 0.1) is 6.61 Å². The maximum Gasteiger partial charge on any atom is 0.331 e. The van der Waals surface area contributed by atoms with Crippen LogP contribution in [0.5, 0.6) is 0 Å². The van der Waals surface area contributed by atoms with Crippen LogP contribution in [0, 0.1) is 6.92 Å². The monoisotopic (exact) mass is 249 g/mol. The number of ether oxygens (including phenoxy) is 1. The summed E-state index contributed by atoms with van der Waals surface area (Å²) in [6, 6.07) is 7.16. The number of rotatable bonds is 4. The molecule has 4 heteroatoms. The molecular weight excluding hydrogens is 230 g/mol. The van der Waals surface area contributed by atoms with Gasteiger partial charge in [-0.2, -0.15) is 0 Å². The Morgan fingerprint density at radius 1 is 1.22 bits per heavy atom. The van der Waals surface area contributed by atoms with Gasteiger partial charge in [0.25, 0.3) is 5.91 Å². The van der Waals surface area contributed by atoms with E-state index in [1.165, 1.54) is 0 Å². The lowest BCUT2D eigenvalue weighted by Gasteiger charge is -2.23. The number of amides is 1. The van der Waals surface area contributed by atoms with Crippen LogP contribution >= 0.6 is 0 Å². The van der Waals surface area contributed by atoms with E-state index in [1.807, 2.05) is 19.1 Å². The summed E-state index contributed by atoms with van der Waals surface area (Å²) in [5, 5.41) is 2.66. The van der Waals surface area contributed by atoms with E-state index in [9.17, 15) is 9.59 Å². The Balaban J connectivity index is 2.75. The molecule has 0 aliphatic carbocycles. The number of carbonyl (C=O) groups excluding carboxylic acids is 2. The Hall–Kier alpha value is -1.84. The molecule has 1 N–H and O–H groups in total. The third-order valence-corrected chi connectivity index (χ3v) is 2.53. The van der Waals surface area contributed by atoms with Crippen molar-refractivity contribution >= 4 is 11.9 Å². The van der Waals surface area contributed by atoms with Gasteiger partial charge in [0.2, 0.25) is 0 Å². The number of hydrogen-bond acceptors (Lipinski definition) is 3. The molecule has 1 rings (SSSR count). The molecule has 1 amide bonds. The molecule has 0 aliphatic rings. The molecule has 0 bridgehead atoms. The Kier molecular flexibility index (Phi) is 4.48. The van der Waals surface area contributed by atoms with Crippen LogP contribution in [0.25, 0.3) is 0 Å². The first-order chi connectivity index (χ1) is 8.36. The fraction of sp³-hybridized carbons (Fsp3) is 0.429. The van der Waals surface area contributed by atoms with Gasteiger partial charge < -0.3 is 10.1 Å². The Bertz CT molecular complexity index is 435. The zero-order valence-electron chi connectivity index (χ0n) is 11.2. The average molecular weight is 249 g/mol. The second kappa shape index (κ2) is 5.67. The van der Waals surface area contributed by atoms with Crippen molar-refractivity contribution in [2.24, 2.45) is 0 Å². The summed E-state index contributed by atoms with van der Waals surface area (Å²) in [7, 11) is 0. The minimum atomic E-state index is -1.03. The molecule has 4 nitrogen and oxygen atoms in total. The van der Waals surface area contributed by atoms with Crippen LogP contribution in [0.15, 0.2) is 24.3 Å². The van der Waals surface area contributed by atoms with Gasteiger partial charge in [-0.05, 0) is 39.8 Å². The summed E-state index contributed by atoms with van der Waals surface area (Å²) >= 11 is 0. The standard InChI is InChI=1S/C14H19NO3/c1-5-18-13(17)14(3,4)15-12(16)11-8-6-10(2)7-9-11/h6-9H,5H2,1-4H3,(H,15,16). The molecule has 18 heavy (non-hydrogen) atoms. The van der Waals surface area contributed by atoms with E-state index in [4.69, 9.17) is 4.74 Å². The molecule has 0 aliphatic heterocycles. The fourth-order valence-corrected chi connectivity index (χ4v) is 1.42. The van der Waals surface area contributed by atoms with Crippen molar-refractivity contribution in [1.82, 2.24) is 5.32 Å². The van der Waals surface area contributed by atoms with Gasteiger partial charge in [-0.15, -0.1) is 0 Å². The minimum absolute atomic E-state index is 0.284. The van der Waals surface area contributed by atoms with Crippen LogP contribution in [0.1, 0.15) is 36.7 Å². The van der Waals surface area contributed by atoms with E-state index < -0.39 is 11.5 Å². The predicted molar refractivity (Wildman–Crippen MR) is 69.4 cm³/mol. The van der Waals surface area contributed by atoms with Gasteiger partial charge in [-0.1, -0.05) is 17.7 Å². The second-order valence-corrected chi connectivity index (χ2v) is 4.67. The number of nitrogens with one attached hydrogen (secondary N) is 1. The SMILES string of the molecule is CCOC(=O)C(C)(C)NC(=O)c1ccc(C)cc1. The highest BCUT2D eigenvalue weighted by Gasteiger charge is 2.31. The molecule has 0 saturated heterocycles. The van der Waals surface area contributed by atoms with Crippen LogP contribution in [0.4, 0.5) is 0 Å². The molecular formula is C14H19NO3. The summed E-state index contributed by atoms with van der Waals surface area (Å²) in [5.74, 6) is -0.724. The van der Waals surface area contributed by atoms with Crippen LogP contribution in [0.3, 0.4) is 0 Å². The van der Waals surface area contributed by atoms with E-state index in [-0.39, 0.29) is 5.91 Å². The van der Waals surface area contributed by atoms with Gasteiger partial charge in [-0.3, -0.25) is 4.79 Å². The van der Waals surface area contributed by atoms with E-state index in [2.05, 4.69) is 5.32 Å². The smallest absolute Gasteiger partial charge is 0.331 e. The lowest BCUT2D eigenvalue weighted by molar-refractivity contribution is -0.149. The van der Waals surface area contributed by atoms with Crippen molar-refractivity contribution < 1.29 is 14.3 Å². The van der Waals surface area contributed by atoms with Crippen molar-refractivity contribution in [2.75, 3.05) is 6.61 Å². The first-order valence-corrected chi connectivity index (χ1v) is 5.93. The third-order valence-electron chi connectivity index (χ3n) is 2.53. The molecule has 0 unspecified atom stereocenters. The number of esters is 1. The van der Waals surface area contributed by atoms with Crippen LogP contribution in [-0.4, -0.2) is 24.0 Å². The van der Waals surface area contributed by atoms with Crippen molar-refractivity contribution in [3.63, 3.8) is 0 Å². The topological polar surface area (TPSA) is 55.4 Å². The summed E-state index contributed by atoms with van der Waals surface area (Å²) in [6.45, 7) is 7.22. The second-order valence-electron chi connectivity index (χ2n) is 4.67. The van der Waals surface area contributed by atoms with Crippen LogP contribution in [-0.2, 0) is 9.53 Å². The van der Waals surface area contributed by atoms with E-state index in [0.717, 1.165) is 5.56 Å². The zero-order valence-corrected chi connectivity index (χ0v) is 11.2. The highest BCUT2D eigenvalue weighted by molar-refractivity contribution is 5.97. The fourth-order valence-electron chi connectivity index (χ4n) is 1.42. The Labute approximate surface area is 107 Å². The minimum Gasteiger partial charge on any atom is -0.464 e. The highest BCUT2D eigenvalue weighted by atomic mass is 16.5. The van der Waals surface area contributed by atoms with Crippen molar-refractivity contribution in [3.05, 3.63) is 35.4 Å². The molecule has 0 saturated carbocycles. The zero-order chi connectivity index (χ0) is 13.8. The van der Waals surface area contributed by atoms with Gasteiger partial charge in [0.15, 0.2) is 0 Å². The summed E-state index contributed by atoms with van der Waals surface area (Å²) in [4.78, 5) is 23.6. The van der Waals surface area contributed by atoms with Crippen LogP contribution < -0.4 is 5.32 Å². The normalized spacial score (nSPS) is 10.9. The van der Waals surface area contributed by atoms with Gasteiger partial charge >= 0.3 is 5.97 Å². The average Bonchev–Trinajstić information content (AvgIpc) is 2.29. The number of hydrogen-bond donors (Lipinski definition) is 1. The first kappa shape index (κ1) is 14.2. The first-order valence-electron chi connectivity index (χ1n) is 5.93. The summed E-state index contributed by atoms with van der Waals surface area (Å²) in [6.07, 6.45) is 0. The van der Waals surface area contributed by atoms with Gasteiger partial charge in [-0.25, -0.2) is 4.79 Å². The largest absolute Gasteiger partial charge is 0.464 e. The Morgan fingerprint density at radius 2 is 1.78 bits per heavy atom.